The molecule has 0 amide bonds. The number of para-hydroxylation sites is 1. The molecule has 152 valence electrons. The van der Waals surface area contributed by atoms with Crippen LogP contribution in [0.1, 0.15) is 36.4 Å². The number of benzene rings is 2. The molecule has 29 heavy (non-hydrogen) atoms. The van der Waals surface area contributed by atoms with Crippen LogP contribution in [0.15, 0.2) is 46.9 Å². The van der Waals surface area contributed by atoms with Crippen molar-refractivity contribution in [3.63, 3.8) is 0 Å². The zero-order valence-corrected chi connectivity index (χ0v) is 18.6. The quantitative estimate of drug-likeness (QED) is 0.521. The van der Waals surface area contributed by atoms with Crippen molar-refractivity contribution in [2.24, 2.45) is 5.92 Å². The summed E-state index contributed by atoms with van der Waals surface area (Å²) in [6, 6.07) is 14.0. The first-order valence-electron chi connectivity index (χ1n) is 9.81. The number of likely N-dealkylation sites (tertiary alicyclic amines) is 1. The van der Waals surface area contributed by atoms with Crippen LogP contribution in [0.5, 0.6) is 5.75 Å². The van der Waals surface area contributed by atoms with E-state index in [1.165, 1.54) is 0 Å². The lowest BCUT2D eigenvalue weighted by Crippen LogP contribution is -2.41. The van der Waals surface area contributed by atoms with E-state index in [1.54, 1.807) is 11.3 Å². The van der Waals surface area contributed by atoms with E-state index in [-0.39, 0.29) is 12.0 Å². The third-order valence-corrected chi connectivity index (χ3v) is 6.86. The third-order valence-electron chi connectivity index (χ3n) is 5.28. The Morgan fingerprint density at radius 1 is 1.38 bits per heavy atom. The van der Waals surface area contributed by atoms with Crippen molar-refractivity contribution in [3.8, 4) is 5.75 Å². The fourth-order valence-corrected chi connectivity index (χ4v) is 5.46. The van der Waals surface area contributed by atoms with Gasteiger partial charge in [0.05, 0.1) is 28.8 Å². The first kappa shape index (κ1) is 20.3. The van der Waals surface area contributed by atoms with E-state index >= 15 is 0 Å². The second kappa shape index (κ2) is 8.81. The van der Waals surface area contributed by atoms with E-state index in [1.807, 2.05) is 37.3 Å². The first-order chi connectivity index (χ1) is 14.1. The average Bonchev–Trinajstić information content (AvgIpc) is 3.14. The van der Waals surface area contributed by atoms with Gasteiger partial charge in [0, 0.05) is 16.6 Å². The van der Waals surface area contributed by atoms with Gasteiger partial charge in [0.15, 0.2) is 0 Å². The van der Waals surface area contributed by atoms with Gasteiger partial charge in [-0.25, -0.2) is 4.98 Å². The Morgan fingerprint density at radius 3 is 2.97 bits per heavy atom. The van der Waals surface area contributed by atoms with E-state index in [4.69, 9.17) is 9.72 Å². The van der Waals surface area contributed by atoms with Gasteiger partial charge in [-0.2, -0.15) is 0 Å². The fraction of sp³-hybridized carbons (Fsp3) is 0.364. The van der Waals surface area contributed by atoms with Crippen LogP contribution in [0.3, 0.4) is 0 Å². The molecule has 0 aliphatic carbocycles. The highest BCUT2D eigenvalue weighted by atomic mass is 79.9. The molecule has 1 fully saturated rings. The summed E-state index contributed by atoms with van der Waals surface area (Å²) in [5, 5.41) is 10.6. The molecular formula is C22H23BrN2O3S. The summed E-state index contributed by atoms with van der Waals surface area (Å²) >= 11 is 5.26. The number of rotatable bonds is 6. The summed E-state index contributed by atoms with van der Waals surface area (Å²) in [5.41, 5.74) is 1.99. The predicted molar refractivity (Wildman–Crippen MR) is 119 cm³/mol. The SMILES string of the molecule is CCOc1ccc(Br)cc1C(c1nc2ccccc2s1)N1CCCC(C(=O)O)C1. The molecule has 0 saturated carbocycles. The van der Waals surface area contributed by atoms with Crippen LogP contribution in [-0.4, -0.2) is 40.7 Å². The van der Waals surface area contributed by atoms with Crippen LogP contribution in [0.4, 0.5) is 0 Å². The summed E-state index contributed by atoms with van der Waals surface area (Å²) < 4.78 is 8.04. The minimum atomic E-state index is -0.725. The Kier molecular flexibility index (Phi) is 6.18. The number of halogens is 1. The number of aliphatic carboxylic acids is 1. The van der Waals surface area contributed by atoms with Gasteiger partial charge in [0.1, 0.15) is 10.8 Å². The summed E-state index contributed by atoms with van der Waals surface area (Å²) in [6.07, 6.45) is 1.57. The normalized spacial score (nSPS) is 18.6. The molecule has 5 nitrogen and oxygen atoms in total. The zero-order valence-electron chi connectivity index (χ0n) is 16.2. The second-order valence-electron chi connectivity index (χ2n) is 7.21. The van der Waals surface area contributed by atoms with Crippen molar-refractivity contribution in [3.05, 3.63) is 57.5 Å². The molecular weight excluding hydrogens is 452 g/mol. The van der Waals surface area contributed by atoms with E-state index in [0.29, 0.717) is 13.2 Å². The molecule has 0 spiro atoms. The van der Waals surface area contributed by atoms with Gasteiger partial charge in [-0.3, -0.25) is 9.69 Å². The highest BCUT2D eigenvalue weighted by molar-refractivity contribution is 9.10. The van der Waals surface area contributed by atoms with Gasteiger partial charge in [-0.05, 0) is 56.6 Å². The Morgan fingerprint density at radius 2 is 2.21 bits per heavy atom. The van der Waals surface area contributed by atoms with Crippen molar-refractivity contribution in [2.75, 3.05) is 19.7 Å². The number of carboxylic acids is 1. The molecule has 0 radical (unpaired) electrons. The number of carboxylic acid groups (broad SMARTS) is 1. The van der Waals surface area contributed by atoms with Crippen molar-refractivity contribution < 1.29 is 14.6 Å². The number of hydrogen-bond acceptors (Lipinski definition) is 5. The van der Waals surface area contributed by atoms with Crippen molar-refractivity contribution in [1.29, 1.82) is 0 Å². The molecule has 1 N–H and O–H groups in total. The lowest BCUT2D eigenvalue weighted by Gasteiger charge is -2.36. The maximum atomic E-state index is 11.7. The lowest BCUT2D eigenvalue weighted by atomic mass is 9.94. The highest BCUT2D eigenvalue weighted by Gasteiger charge is 2.34. The summed E-state index contributed by atoms with van der Waals surface area (Å²) in [6.45, 7) is 3.88. The molecule has 7 heteroatoms. The Bertz CT molecular complexity index is 989. The number of hydrogen-bond donors (Lipinski definition) is 1. The number of piperidine rings is 1. The summed E-state index contributed by atoms with van der Waals surface area (Å²) in [5.74, 6) is -0.266. The van der Waals surface area contributed by atoms with Crippen LogP contribution >= 0.6 is 27.3 Å². The van der Waals surface area contributed by atoms with Crippen molar-refractivity contribution >= 4 is 43.5 Å². The van der Waals surface area contributed by atoms with Crippen LogP contribution in [-0.2, 0) is 4.79 Å². The maximum Gasteiger partial charge on any atom is 0.307 e. The molecule has 1 aliphatic rings. The van der Waals surface area contributed by atoms with Gasteiger partial charge < -0.3 is 9.84 Å². The van der Waals surface area contributed by atoms with Crippen LogP contribution in [0.2, 0.25) is 0 Å². The molecule has 2 atom stereocenters. The highest BCUT2D eigenvalue weighted by Crippen LogP contribution is 2.41. The average molecular weight is 475 g/mol. The maximum absolute atomic E-state index is 11.7. The fourth-order valence-electron chi connectivity index (χ4n) is 3.96. The largest absolute Gasteiger partial charge is 0.494 e. The van der Waals surface area contributed by atoms with Crippen molar-refractivity contribution in [1.82, 2.24) is 9.88 Å². The minimum absolute atomic E-state index is 0.145. The van der Waals surface area contributed by atoms with Gasteiger partial charge in [-0.1, -0.05) is 28.1 Å². The van der Waals surface area contributed by atoms with Gasteiger partial charge in [0.2, 0.25) is 0 Å². The van der Waals surface area contributed by atoms with Crippen LogP contribution in [0.25, 0.3) is 10.2 Å². The van der Waals surface area contributed by atoms with Crippen LogP contribution < -0.4 is 4.74 Å². The zero-order chi connectivity index (χ0) is 20.4. The van der Waals surface area contributed by atoms with E-state index < -0.39 is 5.97 Å². The number of carbonyl (C=O) groups is 1. The molecule has 1 aromatic heterocycles. The van der Waals surface area contributed by atoms with Gasteiger partial charge in [0.25, 0.3) is 0 Å². The van der Waals surface area contributed by atoms with Crippen molar-refractivity contribution in [2.45, 2.75) is 25.8 Å². The molecule has 4 rings (SSSR count). The van der Waals surface area contributed by atoms with E-state index in [2.05, 4.69) is 33.0 Å². The van der Waals surface area contributed by atoms with E-state index in [9.17, 15) is 9.90 Å². The number of ether oxygens (including phenoxy) is 1. The Labute approximate surface area is 182 Å². The first-order valence-corrected chi connectivity index (χ1v) is 11.4. The second-order valence-corrected chi connectivity index (χ2v) is 9.19. The molecule has 2 unspecified atom stereocenters. The standard InChI is InChI=1S/C22H23BrN2O3S/c1-2-28-18-10-9-15(23)12-16(18)20(25-11-5-6-14(13-25)22(26)27)21-24-17-7-3-4-8-19(17)29-21/h3-4,7-10,12,14,20H,2,5-6,11,13H2,1H3,(H,26,27). The molecule has 2 aromatic carbocycles. The number of aromatic nitrogens is 1. The number of nitrogens with zero attached hydrogens (tertiary/aromatic N) is 2. The molecule has 1 aliphatic heterocycles. The minimum Gasteiger partial charge on any atom is -0.494 e. The molecule has 0 bridgehead atoms. The van der Waals surface area contributed by atoms with Crippen LogP contribution in [0, 0.1) is 5.92 Å². The third kappa shape index (κ3) is 4.32. The predicted octanol–water partition coefficient (Wildman–Crippen LogP) is 5.34. The van der Waals surface area contributed by atoms with Gasteiger partial charge in [-0.15, -0.1) is 11.3 Å². The van der Waals surface area contributed by atoms with E-state index in [0.717, 1.165) is 50.4 Å². The molecule has 2 heterocycles. The molecule has 1 saturated heterocycles. The topological polar surface area (TPSA) is 62.7 Å². The summed E-state index contributed by atoms with van der Waals surface area (Å²) in [7, 11) is 0. The molecule has 3 aromatic rings. The summed E-state index contributed by atoms with van der Waals surface area (Å²) in [4.78, 5) is 18.9. The van der Waals surface area contributed by atoms with Gasteiger partial charge >= 0.3 is 5.97 Å². The smallest absolute Gasteiger partial charge is 0.307 e. The number of thiazole rings is 1. The lowest BCUT2D eigenvalue weighted by molar-refractivity contribution is -0.143. The Hall–Kier alpha value is -1.96. The monoisotopic (exact) mass is 474 g/mol. The number of fused-ring (bicyclic) bond motifs is 1. The Balaban J connectivity index is 1.83.